The van der Waals surface area contributed by atoms with Crippen molar-refractivity contribution in [1.29, 1.82) is 0 Å². The van der Waals surface area contributed by atoms with Crippen LogP contribution in [0.1, 0.15) is 49.0 Å². The first kappa shape index (κ1) is 14.6. The molecule has 0 fully saturated rings. The van der Waals surface area contributed by atoms with Gasteiger partial charge < -0.3 is 9.47 Å². The van der Waals surface area contributed by atoms with E-state index < -0.39 is 5.92 Å². The molecule has 0 aromatic heterocycles. The molecule has 1 heterocycles. The molecule has 1 aliphatic rings. The molecular weight excluding hydrogens is 256 g/mol. The van der Waals surface area contributed by atoms with E-state index in [1.807, 2.05) is 19.9 Å². The molecule has 0 saturated carbocycles. The van der Waals surface area contributed by atoms with Crippen molar-refractivity contribution < 1.29 is 19.1 Å². The maximum absolute atomic E-state index is 12.4. The number of carbonyl (C=O) groups excluding carboxylic acids is 2. The van der Waals surface area contributed by atoms with Crippen LogP contribution in [0.25, 0.3) is 0 Å². The van der Waals surface area contributed by atoms with E-state index >= 15 is 0 Å². The van der Waals surface area contributed by atoms with Gasteiger partial charge in [-0.05, 0) is 31.0 Å². The number of ether oxygens (including phenoxy) is 2. The number of benzene rings is 1. The predicted molar refractivity (Wildman–Crippen MR) is 75.1 cm³/mol. The second-order valence-corrected chi connectivity index (χ2v) is 5.22. The molecule has 20 heavy (non-hydrogen) atoms. The Morgan fingerprint density at radius 2 is 2.15 bits per heavy atom. The van der Waals surface area contributed by atoms with Crippen molar-refractivity contribution in [3.8, 4) is 5.75 Å². The summed E-state index contributed by atoms with van der Waals surface area (Å²) in [5.74, 6) is -0.167. The van der Waals surface area contributed by atoms with E-state index in [-0.39, 0.29) is 23.8 Å². The molecule has 1 aliphatic heterocycles. The van der Waals surface area contributed by atoms with Crippen LogP contribution in [0.15, 0.2) is 18.2 Å². The van der Waals surface area contributed by atoms with Gasteiger partial charge in [-0.1, -0.05) is 19.9 Å². The van der Waals surface area contributed by atoms with Gasteiger partial charge in [0.1, 0.15) is 11.9 Å². The van der Waals surface area contributed by atoms with E-state index in [9.17, 15) is 9.59 Å². The fourth-order valence-corrected chi connectivity index (χ4v) is 2.54. The van der Waals surface area contributed by atoms with Gasteiger partial charge in [0.25, 0.3) is 0 Å². The number of ketones is 1. The van der Waals surface area contributed by atoms with E-state index in [1.54, 1.807) is 19.1 Å². The number of fused-ring (bicyclic) bond motifs is 1. The largest absolute Gasteiger partial charge is 0.489 e. The van der Waals surface area contributed by atoms with E-state index in [2.05, 4.69) is 0 Å². The highest BCUT2D eigenvalue weighted by Gasteiger charge is 2.33. The number of hydrogen-bond acceptors (Lipinski definition) is 4. The zero-order valence-corrected chi connectivity index (χ0v) is 12.3. The van der Waals surface area contributed by atoms with Gasteiger partial charge in [-0.15, -0.1) is 0 Å². The van der Waals surface area contributed by atoms with Crippen LogP contribution in [0.5, 0.6) is 5.75 Å². The van der Waals surface area contributed by atoms with E-state index in [1.165, 1.54) is 7.11 Å². The predicted octanol–water partition coefficient (Wildman–Crippen LogP) is 2.95. The van der Waals surface area contributed by atoms with Crippen molar-refractivity contribution in [1.82, 2.24) is 0 Å². The molecule has 0 saturated heterocycles. The van der Waals surface area contributed by atoms with Crippen molar-refractivity contribution in [3.63, 3.8) is 0 Å². The van der Waals surface area contributed by atoms with Gasteiger partial charge in [0.2, 0.25) is 0 Å². The number of methoxy groups -OCH3 is 1. The molecule has 0 bridgehead atoms. The molecule has 4 heteroatoms. The molecule has 1 aromatic rings. The topological polar surface area (TPSA) is 52.6 Å². The Bertz CT molecular complexity index is 535. The van der Waals surface area contributed by atoms with E-state index in [0.29, 0.717) is 11.3 Å². The Hall–Kier alpha value is -1.84. The summed E-state index contributed by atoms with van der Waals surface area (Å²) in [6, 6.07) is 5.34. The summed E-state index contributed by atoms with van der Waals surface area (Å²) in [6.07, 6.45) is 0.728. The number of esters is 1. The number of Topliss-reactive ketones (excluding diaryl/α,β-unsaturated/α-hetero) is 1. The lowest BCUT2D eigenvalue weighted by atomic mass is 9.87. The maximum atomic E-state index is 12.4. The van der Waals surface area contributed by atoms with Crippen LogP contribution in [-0.4, -0.2) is 25.0 Å². The summed E-state index contributed by atoms with van der Waals surface area (Å²) in [7, 11) is 1.36. The van der Waals surface area contributed by atoms with Gasteiger partial charge in [0.15, 0.2) is 5.78 Å². The monoisotopic (exact) mass is 276 g/mol. The first-order valence-corrected chi connectivity index (χ1v) is 6.92. The Balaban J connectivity index is 2.37. The second kappa shape index (κ2) is 5.65. The third-order valence-corrected chi connectivity index (χ3v) is 3.98. The first-order chi connectivity index (χ1) is 9.49. The lowest BCUT2D eigenvalue weighted by molar-refractivity contribution is -0.142. The Labute approximate surface area is 119 Å². The van der Waals surface area contributed by atoms with Gasteiger partial charge >= 0.3 is 5.97 Å². The van der Waals surface area contributed by atoms with Crippen molar-refractivity contribution in [2.75, 3.05) is 7.11 Å². The summed E-state index contributed by atoms with van der Waals surface area (Å²) < 4.78 is 10.6. The molecule has 3 unspecified atom stereocenters. The zero-order valence-electron chi connectivity index (χ0n) is 12.3. The summed E-state index contributed by atoms with van der Waals surface area (Å²) in [5, 5.41) is 0. The van der Waals surface area contributed by atoms with E-state index in [4.69, 9.17) is 9.47 Å². The van der Waals surface area contributed by atoms with Gasteiger partial charge in [0.05, 0.1) is 24.5 Å². The van der Waals surface area contributed by atoms with E-state index in [0.717, 1.165) is 12.0 Å². The number of hydrogen-bond donors (Lipinski definition) is 0. The highest BCUT2D eigenvalue weighted by molar-refractivity contribution is 6.01. The smallest absolute Gasteiger partial charge is 0.312 e. The normalized spacial score (nSPS) is 22.7. The summed E-state index contributed by atoms with van der Waals surface area (Å²) in [6.45, 7) is 5.66. The van der Waals surface area contributed by atoms with Crippen LogP contribution < -0.4 is 4.74 Å². The summed E-state index contributed by atoms with van der Waals surface area (Å²) in [4.78, 5) is 24.0. The number of carbonyl (C=O) groups is 2. The molecular formula is C16H20O4. The Morgan fingerprint density at radius 3 is 2.75 bits per heavy atom. The fourth-order valence-electron chi connectivity index (χ4n) is 2.54. The van der Waals surface area contributed by atoms with Crippen LogP contribution in [-0.2, 0) is 9.53 Å². The second-order valence-electron chi connectivity index (χ2n) is 5.22. The van der Waals surface area contributed by atoms with Crippen molar-refractivity contribution in [2.45, 2.75) is 39.2 Å². The first-order valence-electron chi connectivity index (χ1n) is 6.92. The van der Waals surface area contributed by atoms with Crippen molar-refractivity contribution in [3.05, 3.63) is 29.3 Å². The van der Waals surface area contributed by atoms with Gasteiger partial charge in [0, 0.05) is 0 Å². The molecule has 4 nitrogen and oxygen atoms in total. The number of rotatable bonds is 3. The third kappa shape index (κ3) is 2.42. The highest BCUT2D eigenvalue weighted by atomic mass is 16.5. The molecule has 2 rings (SSSR count). The molecule has 0 N–H and O–H groups in total. The molecule has 0 spiro atoms. The zero-order chi connectivity index (χ0) is 14.9. The minimum absolute atomic E-state index is 0.0705. The van der Waals surface area contributed by atoms with Crippen LogP contribution in [0, 0.1) is 5.92 Å². The molecule has 3 atom stereocenters. The standard InChI is InChI=1S/C16H20O4/c1-5-13-10(3)15(17)12-8-11(6-7-14(12)20-13)9(2)16(18)19-4/h6-10,13H,5H2,1-4H3. The highest BCUT2D eigenvalue weighted by Crippen LogP contribution is 2.34. The van der Waals surface area contributed by atoms with Crippen LogP contribution in [0.3, 0.4) is 0 Å². The maximum Gasteiger partial charge on any atom is 0.312 e. The minimum atomic E-state index is -0.391. The van der Waals surface area contributed by atoms with Gasteiger partial charge in [-0.2, -0.15) is 0 Å². The Kier molecular flexibility index (Phi) is 4.12. The minimum Gasteiger partial charge on any atom is -0.489 e. The van der Waals surface area contributed by atoms with Gasteiger partial charge in [-0.25, -0.2) is 0 Å². The van der Waals surface area contributed by atoms with Crippen LogP contribution in [0.2, 0.25) is 0 Å². The molecule has 108 valence electrons. The quantitative estimate of drug-likeness (QED) is 0.796. The lowest BCUT2D eigenvalue weighted by Gasteiger charge is -2.30. The van der Waals surface area contributed by atoms with Crippen LogP contribution >= 0.6 is 0 Å². The third-order valence-electron chi connectivity index (χ3n) is 3.98. The van der Waals surface area contributed by atoms with Crippen molar-refractivity contribution in [2.24, 2.45) is 5.92 Å². The SMILES string of the molecule is CCC1Oc2ccc(C(C)C(=O)OC)cc2C(=O)C1C. The average molecular weight is 276 g/mol. The fraction of sp³-hybridized carbons (Fsp3) is 0.500. The Morgan fingerprint density at radius 1 is 1.45 bits per heavy atom. The summed E-state index contributed by atoms with van der Waals surface area (Å²) >= 11 is 0. The molecule has 0 radical (unpaired) electrons. The molecule has 1 aromatic carbocycles. The summed E-state index contributed by atoms with van der Waals surface area (Å²) in [5.41, 5.74) is 1.34. The average Bonchev–Trinajstić information content (AvgIpc) is 2.48. The van der Waals surface area contributed by atoms with Crippen LogP contribution in [0.4, 0.5) is 0 Å². The lowest BCUT2D eigenvalue weighted by Crippen LogP contribution is -2.35. The molecule has 0 amide bonds. The molecule has 0 aliphatic carbocycles. The van der Waals surface area contributed by atoms with Crippen molar-refractivity contribution >= 4 is 11.8 Å². The van der Waals surface area contributed by atoms with Gasteiger partial charge in [-0.3, -0.25) is 9.59 Å².